The van der Waals surface area contributed by atoms with E-state index in [1.165, 1.54) is 13.2 Å². The van der Waals surface area contributed by atoms with Crippen molar-refractivity contribution in [1.29, 1.82) is 0 Å². The van der Waals surface area contributed by atoms with Crippen LogP contribution in [0.3, 0.4) is 0 Å². The SMILES string of the molecule is COc1cc(C(=O)C(=O)O)cc(C(C)C)c1. The molecule has 0 aromatic heterocycles. The fourth-order valence-corrected chi connectivity index (χ4v) is 1.33. The van der Waals surface area contributed by atoms with Gasteiger partial charge in [0.05, 0.1) is 7.11 Å². The lowest BCUT2D eigenvalue weighted by molar-refractivity contribution is -0.131. The monoisotopic (exact) mass is 222 g/mol. The first kappa shape index (κ1) is 12.2. The molecule has 0 atom stereocenters. The van der Waals surface area contributed by atoms with Gasteiger partial charge in [0.2, 0.25) is 0 Å². The van der Waals surface area contributed by atoms with Gasteiger partial charge in [0.25, 0.3) is 5.78 Å². The van der Waals surface area contributed by atoms with Crippen LogP contribution < -0.4 is 4.74 Å². The molecular weight excluding hydrogens is 208 g/mol. The molecule has 1 aromatic rings. The summed E-state index contributed by atoms with van der Waals surface area (Å²) in [6.07, 6.45) is 0. The highest BCUT2D eigenvalue weighted by Gasteiger charge is 2.17. The van der Waals surface area contributed by atoms with Crippen molar-refractivity contribution in [2.24, 2.45) is 0 Å². The molecule has 16 heavy (non-hydrogen) atoms. The quantitative estimate of drug-likeness (QED) is 0.625. The Morgan fingerprint density at radius 3 is 2.31 bits per heavy atom. The number of ether oxygens (including phenoxy) is 1. The van der Waals surface area contributed by atoms with Gasteiger partial charge in [-0.3, -0.25) is 4.79 Å². The zero-order valence-corrected chi connectivity index (χ0v) is 9.48. The third-order valence-corrected chi connectivity index (χ3v) is 2.29. The van der Waals surface area contributed by atoms with Gasteiger partial charge in [-0.05, 0) is 29.7 Å². The van der Waals surface area contributed by atoms with Crippen LogP contribution in [-0.2, 0) is 4.79 Å². The Morgan fingerprint density at radius 2 is 1.88 bits per heavy atom. The number of carboxylic acid groups (broad SMARTS) is 1. The molecule has 4 nitrogen and oxygen atoms in total. The predicted octanol–water partition coefficient (Wildman–Crippen LogP) is 2.09. The molecule has 0 unspecified atom stereocenters. The molecule has 0 saturated carbocycles. The van der Waals surface area contributed by atoms with E-state index in [0.29, 0.717) is 5.75 Å². The standard InChI is InChI=1S/C12H14O4/c1-7(2)8-4-9(11(13)12(14)15)6-10(5-8)16-3/h4-7H,1-3H3,(H,14,15). The van der Waals surface area contributed by atoms with Gasteiger partial charge < -0.3 is 9.84 Å². The van der Waals surface area contributed by atoms with Crippen LogP contribution in [0.2, 0.25) is 0 Å². The first-order chi connectivity index (χ1) is 7.45. The molecule has 0 spiro atoms. The maximum atomic E-state index is 11.3. The minimum Gasteiger partial charge on any atom is -0.497 e. The Labute approximate surface area is 93.9 Å². The van der Waals surface area contributed by atoms with Gasteiger partial charge in [-0.2, -0.15) is 0 Å². The molecule has 0 aliphatic rings. The maximum Gasteiger partial charge on any atom is 0.377 e. The van der Waals surface area contributed by atoms with Gasteiger partial charge in [0.1, 0.15) is 5.75 Å². The van der Waals surface area contributed by atoms with Crippen LogP contribution in [0.1, 0.15) is 35.7 Å². The summed E-state index contributed by atoms with van der Waals surface area (Å²) in [4.78, 5) is 21.9. The third kappa shape index (κ3) is 2.59. The van der Waals surface area contributed by atoms with E-state index in [2.05, 4.69) is 0 Å². The largest absolute Gasteiger partial charge is 0.497 e. The molecule has 0 saturated heterocycles. The first-order valence-corrected chi connectivity index (χ1v) is 4.92. The van der Waals surface area contributed by atoms with Gasteiger partial charge in [-0.15, -0.1) is 0 Å². The summed E-state index contributed by atoms with van der Waals surface area (Å²) in [5.41, 5.74) is 1.03. The second-order valence-electron chi connectivity index (χ2n) is 3.78. The summed E-state index contributed by atoms with van der Waals surface area (Å²) in [6.45, 7) is 3.92. The van der Waals surface area contributed by atoms with Crippen LogP contribution in [0, 0.1) is 0 Å². The van der Waals surface area contributed by atoms with Crippen LogP contribution in [-0.4, -0.2) is 24.0 Å². The molecule has 1 aromatic carbocycles. The molecule has 0 fully saturated rings. The van der Waals surface area contributed by atoms with E-state index in [1.54, 1.807) is 12.1 Å². The number of rotatable bonds is 4. The summed E-state index contributed by atoms with van der Waals surface area (Å²) in [5, 5.41) is 8.64. The van der Waals surface area contributed by atoms with Crippen LogP contribution in [0.5, 0.6) is 5.75 Å². The molecule has 0 radical (unpaired) electrons. The Bertz CT molecular complexity index is 421. The number of carboxylic acids is 1. The van der Waals surface area contributed by atoms with Crippen molar-refractivity contribution in [1.82, 2.24) is 0 Å². The molecule has 0 heterocycles. The van der Waals surface area contributed by atoms with Gasteiger partial charge >= 0.3 is 5.97 Å². The van der Waals surface area contributed by atoms with Crippen molar-refractivity contribution < 1.29 is 19.4 Å². The normalized spacial score (nSPS) is 10.2. The topological polar surface area (TPSA) is 63.6 Å². The van der Waals surface area contributed by atoms with Crippen molar-refractivity contribution >= 4 is 11.8 Å². The fourth-order valence-electron chi connectivity index (χ4n) is 1.33. The third-order valence-electron chi connectivity index (χ3n) is 2.29. The molecule has 1 N–H and O–H groups in total. The summed E-state index contributed by atoms with van der Waals surface area (Å²) in [7, 11) is 1.48. The number of Topliss-reactive ketones (excluding diaryl/α,β-unsaturated/α-hetero) is 1. The van der Waals surface area contributed by atoms with E-state index in [-0.39, 0.29) is 11.5 Å². The first-order valence-electron chi connectivity index (χ1n) is 4.92. The molecule has 4 heteroatoms. The van der Waals surface area contributed by atoms with Gasteiger partial charge in [-0.1, -0.05) is 13.8 Å². The molecule has 0 aliphatic carbocycles. The summed E-state index contributed by atoms with van der Waals surface area (Å²) >= 11 is 0. The Hall–Kier alpha value is -1.84. The summed E-state index contributed by atoms with van der Waals surface area (Å²) in [5.74, 6) is -1.67. The number of aliphatic carboxylic acids is 1. The number of ketones is 1. The molecule has 86 valence electrons. The zero-order valence-electron chi connectivity index (χ0n) is 9.48. The van der Waals surface area contributed by atoms with E-state index in [9.17, 15) is 9.59 Å². The van der Waals surface area contributed by atoms with Crippen LogP contribution in [0.15, 0.2) is 18.2 Å². The summed E-state index contributed by atoms with van der Waals surface area (Å²) < 4.78 is 5.03. The molecular formula is C12H14O4. The molecule has 0 aliphatic heterocycles. The zero-order chi connectivity index (χ0) is 12.3. The van der Waals surface area contributed by atoms with E-state index in [1.807, 2.05) is 13.8 Å². The lowest BCUT2D eigenvalue weighted by Crippen LogP contribution is -2.13. The lowest BCUT2D eigenvalue weighted by atomic mass is 9.98. The van der Waals surface area contributed by atoms with Crippen LogP contribution >= 0.6 is 0 Å². The van der Waals surface area contributed by atoms with Crippen molar-refractivity contribution in [3.8, 4) is 5.75 Å². The van der Waals surface area contributed by atoms with E-state index in [0.717, 1.165) is 5.56 Å². The Kier molecular flexibility index (Phi) is 3.66. The maximum absolute atomic E-state index is 11.3. The van der Waals surface area contributed by atoms with Crippen molar-refractivity contribution in [3.05, 3.63) is 29.3 Å². The molecule has 1 rings (SSSR count). The number of benzene rings is 1. The smallest absolute Gasteiger partial charge is 0.377 e. The predicted molar refractivity (Wildman–Crippen MR) is 59.0 cm³/mol. The second kappa shape index (κ2) is 4.79. The van der Waals surface area contributed by atoms with E-state index in [4.69, 9.17) is 9.84 Å². The van der Waals surface area contributed by atoms with E-state index < -0.39 is 11.8 Å². The minimum absolute atomic E-state index is 0.149. The van der Waals surface area contributed by atoms with Crippen molar-refractivity contribution in [2.45, 2.75) is 19.8 Å². The average Bonchev–Trinajstić information content (AvgIpc) is 2.27. The number of methoxy groups -OCH3 is 1. The number of hydrogen-bond acceptors (Lipinski definition) is 3. The lowest BCUT2D eigenvalue weighted by Gasteiger charge is -2.09. The number of carbonyl (C=O) groups excluding carboxylic acids is 1. The fraction of sp³-hybridized carbons (Fsp3) is 0.333. The Morgan fingerprint density at radius 1 is 1.25 bits per heavy atom. The van der Waals surface area contributed by atoms with Crippen LogP contribution in [0.4, 0.5) is 0 Å². The van der Waals surface area contributed by atoms with Gasteiger partial charge in [0, 0.05) is 5.56 Å². The minimum atomic E-state index is -1.46. The number of carbonyl (C=O) groups is 2. The van der Waals surface area contributed by atoms with Gasteiger partial charge in [0.15, 0.2) is 0 Å². The highest BCUT2D eigenvalue weighted by Crippen LogP contribution is 2.23. The Balaban J connectivity index is 3.24. The average molecular weight is 222 g/mol. The highest BCUT2D eigenvalue weighted by molar-refractivity contribution is 6.39. The van der Waals surface area contributed by atoms with Crippen molar-refractivity contribution in [2.75, 3.05) is 7.11 Å². The second-order valence-corrected chi connectivity index (χ2v) is 3.78. The molecule has 0 bridgehead atoms. The van der Waals surface area contributed by atoms with E-state index >= 15 is 0 Å². The highest BCUT2D eigenvalue weighted by atomic mass is 16.5. The number of hydrogen-bond donors (Lipinski definition) is 1. The van der Waals surface area contributed by atoms with Gasteiger partial charge in [-0.25, -0.2) is 4.79 Å². The van der Waals surface area contributed by atoms with Crippen molar-refractivity contribution in [3.63, 3.8) is 0 Å². The molecule has 0 amide bonds. The van der Waals surface area contributed by atoms with Crippen LogP contribution in [0.25, 0.3) is 0 Å². The summed E-state index contributed by atoms with van der Waals surface area (Å²) in [6, 6.07) is 4.81.